The Morgan fingerprint density at radius 1 is 0.897 bits per heavy atom. The lowest BCUT2D eigenvalue weighted by Gasteiger charge is -2.35. The van der Waals surface area contributed by atoms with E-state index in [0.717, 1.165) is 33.3 Å². The van der Waals surface area contributed by atoms with Crippen molar-refractivity contribution >= 4 is 27.5 Å². The summed E-state index contributed by atoms with van der Waals surface area (Å²) in [7, 11) is -4.04. The van der Waals surface area contributed by atoms with E-state index in [4.69, 9.17) is 0 Å². The number of para-hydroxylation sites is 1. The second-order valence-electron chi connectivity index (χ2n) is 10.7. The summed E-state index contributed by atoms with van der Waals surface area (Å²) in [4.78, 5) is 29.0. The summed E-state index contributed by atoms with van der Waals surface area (Å²) in [5.74, 6) is -1.77. The van der Waals surface area contributed by atoms with Gasteiger partial charge >= 0.3 is 0 Å². The van der Waals surface area contributed by atoms with Crippen molar-refractivity contribution in [2.24, 2.45) is 0 Å². The summed E-state index contributed by atoms with van der Waals surface area (Å²) < 4.78 is 40.9. The van der Waals surface area contributed by atoms with Crippen molar-refractivity contribution in [1.29, 1.82) is 0 Å². The number of benzene rings is 3. The third-order valence-corrected chi connectivity index (χ3v) is 7.17. The van der Waals surface area contributed by atoms with Crippen LogP contribution < -0.4 is 9.62 Å². The first-order valence-electron chi connectivity index (χ1n) is 12.7. The summed E-state index contributed by atoms with van der Waals surface area (Å²) in [6.07, 6.45) is 1.13. The molecule has 0 unspecified atom stereocenters. The summed E-state index contributed by atoms with van der Waals surface area (Å²) in [6, 6.07) is 21.3. The Kier molecular flexibility index (Phi) is 9.50. The first-order chi connectivity index (χ1) is 18.2. The minimum atomic E-state index is -4.04. The molecule has 3 aromatic rings. The Bertz CT molecular complexity index is 1390. The van der Waals surface area contributed by atoms with E-state index in [1.807, 2.05) is 82.3 Å². The van der Waals surface area contributed by atoms with Crippen LogP contribution in [0, 0.1) is 12.7 Å². The molecule has 0 bridgehead atoms. The maximum absolute atomic E-state index is 14.7. The fourth-order valence-electron chi connectivity index (χ4n) is 4.15. The molecule has 0 saturated heterocycles. The third kappa shape index (κ3) is 8.64. The van der Waals surface area contributed by atoms with Crippen molar-refractivity contribution < 1.29 is 22.4 Å². The summed E-state index contributed by atoms with van der Waals surface area (Å²) >= 11 is 0. The first-order valence-corrected chi connectivity index (χ1v) is 14.5. The van der Waals surface area contributed by atoms with Gasteiger partial charge in [-0.2, -0.15) is 0 Å². The topological polar surface area (TPSA) is 86.8 Å². The van der Waals surface area contributed by atoms with Gasteiger partial charge in [-0.15, -0.1) is 0 Å². The highest BCUT2D eigenvalue weighted by Gasteiger charge is 2.34. The number of amides is 2. The molecule has 1 N–H and O–H groups in total. The highest BCUT2D eigenvalue weighted by atomic mass is 32.2. The van der Waals surface area contributed by atoms with Crippen LogP contribution in [0.3, 0.4) is 0 Å². The van der Waals surface area contributed by atoms with Gasteiger partial charge in [0.25, 0.3) is 0 Å². The SMILES string of the molecule is Cc1ccc(CN(C(=O)CN(c2ccccc2F)S(C)(=O)=O)[C@@H](Cc2ccccc2)C(=O)NC(C)(C)C)cc1. The molecule has 0 fully saturated rings. The minimum absolute atomic E-state index is 0.0586. The molecule has 0 aliphatic carbocycles. The summed E-state index contributed by atoms with van der Waals surface area (Å²) in [5.41, 5.74) is 1.83. The molecule has 0 saturated carbocycles. The van der Waals surface area contributed by atoms with Crippen LogP contribution in [0.5, 0.6) is 0 Å². The Balaban J connectivity index is 2.08. The van der Waals surface area contributed by atoms with Gasteiger partial charge < -0.3 is 10.2 Å². The summed E-state index contributed by atoms with van der Waals surface area (Å²) in [5, 5.41) is 2.97. The normalized spacial score (nSPS) is 12.5. The highest BCUT2D eigenvalue weighted by molar-refractivity contribution is 7.92. The number of rotatable bonds is 10. The molecule has 0 heterocycles. The third-order valence-electron chi connectivity index (χ3n) is 6.04. The predicted octanol–water partition coefficient (Wildman–Crippen LogP) is 4.45. The van der Waals surface area contributed by atoms with Crippen molar-refractivity contribution in [2.75, 3.05) is 17.1 Å². The number of carbonyl (C=O) groups excluding carboxylic acids is 2. The Hall–Kier alpha value is -3.72. The zero-order valence-corrected chi connectivity index (χ0v) is 23.8. The Labute approximate surface area is 230 Å². The molecule has 39 heavy (non-hydrogen) atoms. The van der Waals surface area contributed by atoms with Crippen LogP contribution in [0.1, 0.15) is 37.5 Å². The number of hydrogen-bond acceptors (Lipinski definition) is 4. The fourth-order valence-corrected chi connectivity index (χ4v) is 5.00. The molecule has 9 heteroatoms. The van der Waals surface area contributed by atoms with Gasteiger partial charge in [0.05, 0.1) is 11.9 Å². The van der Waals surface area contributed by atoms with Crippen LogP contribution >= 0.6 is 0 Å². The second-order valence-corrected chi connectivity index (χ2v) is 12.6. The van der Waals surface area contributed by atoms with Crippen LogP contribution in [0.2, 0.25) is 0 Å². The van der Waals surface area contributed by atoms with E-state index < -0.39 is 39.9 Å². The Morgan fingerprint density at radius 2 is 1.49 bits per heavy atom. The molecule has 3 aromatic carbocycles. The molecule has 0 aliphatic rings. The standard InChI is InChI=1S/C30H36FN3O4S/c1-22-15-17-24(18-16-22)20-33(27(29(36)32-30(2,3)4)19-23-11-7-6-8-12-23)28(35)21-34(39(5,37)38)26-14-10-9-13-25(26)31/h6-18,27H,19-21H2,1-5H3,(H,32,36)/t27-/m0/s1. The van der Waals surface area contributed by atoms with Crippen molar-refractivity contribution in [2.45, 2.75) is 52.2 Å². The minimum Gasteiger partial charge on any atom is -0.350 e. The lowest BCUT2D eigenvalue weighted by molar-refractivity contribution is -0.140. The fraction of sp³-hybridized carbons (Fsp3) is 0.333. The van der Waals surface area contributed by atoms with E-state index in [1.54, 1.807) is 0 Å². The molecule has 0 spiro atoms. The maximum Gasteiger partial charge on any atom is 0.244 e. The molecule has 208 valence electrons. The number of anilines is 1. The molecule has 3 rings (SSSR count). The van der Waals surface area contributed by atoms with E-state index in [1.165, 1.54) is 23.1 Å². The van der Waals surface area contributed by atoms with Gasteiger partial charge in [0.1, 0.15) is 18.4 Å². The van der Waals surface area contributed by atoms with Crippen LogP contribution in [0.4, 0.5) is 10.1 Å². The number of halogens is 1. The number of hydrogen-bond donors (Lipinski definition) is 1. The van der Waals surface area contributed by atoms with Gasteiger partial charge in [0, 0.05) is 18.5 Å². The van der Waals surface area contributed by atoms with E-state index in [0.29, 0.717) is 0 Å². The van der Waals surface area contributed by atoms with E-state index in [-0.39, 0.29) is 24.6 Å². The molecule has 7 nitrogen and oxygen atoms in total. The van der Waals surface area contributed by atoms with Gasteiger partial charge in [-0.05, 0) is 51.0 Å². The number of aryl methyl sites for hydroxylation is 1. The molecule has 1 atom stereocenters. The highest BCUT2D eigenvalue weighted by Crippen LogP contribution is 2.23. The number of nitrogens with zero attached hydrogens (tertiary/aromatic N) is 2. The molecule has 0 aromatic heterocycles. The zero-order valence-electron chi connectivity index (χ0n) is 23.0. The average molecular weight is 554 g/mol. The maximum atomic E-state index is 14.7. The van der Waals surface area contributed by atoms with Gasteiger partial charge in [0.2, 0.25) is 21.8 Å². The smallest absolute Gasteiger partial charge is 0.244 e. The first kappa shape index (κ1) is 29.8. The van der Waals surface area contributed by atoms with Crippen molar-refractivity contribution in [3.05, 3.63) is 101 Å². The van der Waals surface area contributed by atoms with Crippen LogP contribution in [-0.2, 0) is 32.6 Å². The molecule has 0 radical (unpaired) electrons. The van der Waals surface area contributed by atoms with Crippen molar-refractivity contribution in [1.82, 2.24) is 10.2 Å². The number of nitrogens with one attached hydrogen (secondary N) is 1. The van der Waals surface area contributed by atoms with Gasteiger partial charge in [-0.3, -0.25) is 13.9 Å². The van der Waals surface area contributed by atoms with Crippen LogP contribution in [-0.4, -0.2) is 49.5 Å². The van der Waals surface area contributed by atoms with Crippen molar-refractivity contribution in [3.8, 4) is 0 Å². The average Bonchev–Trinajstić information content (AvgIpc) is 2.85. The second kappa shape index (κ2) is 12.4. The van der Waals surface area contributed by atoms with E-state index in [9.17, 15) is 22.4 Å². The quantitative estimate of drug-likeness (QED) is 0.402. The molecular formula is C30H36FN3O4S. The molecular weight excluding hydrogens is 517 g/mol. The van der Waals surface area contributed by atoms with Gasteiger partial charge in [0.15, 0.2) is 0 Å². The zero-order chi connectivity index (χ0) is 28.8. The Morgan fingerprint density at radius 3 is 2.05 bits per heavy atom. The van der Waals surface area contributed by atoms with Crippen LogP contribution in [0.15, 0.2) is 78.9 Å². The van der Waals surface area contributed by atoms with E-state index >= 15 is 0 Å². The van der Waals surface area contributed by atoms with Gasteiger partial charge in [-0.1, -0.05) is 72.3 Å². The molecule has 2 amide bonds. The largest absolute Gasteiger partial charge is 0.350 e. The monoisotopic (exact) mass is 553 g/mol. The van der Waals surface area contributed by atoms with Crippen molar-refractivity contribution in [3.63, 3.8) is 0 Å². The number of carbonyl (C=O) groups is 2. The summed E-state index contributed by atoms with van der Waals surface area (Å²) in [6.45, 7) is 6.88. The van der Waals surface area contributed by atoms with Crippen LogP contribution in [0.25, 0.3) is 0 Å². The number of sulfonamides is 1. The van der Waals surface area contributed by atoms with E-state index in [2.05, 4.69) is 5.32 Å². The lowest BCUT2D eigenvalue weighted by Crippen LogP contribution is -2.56. The molecule has 0 aliphatic heterocycles. The predicted molar refractivity (Wildman–Crippen MR) is 152 cm³/mol. The van der Waals surface area contributed by atoms with Gasteiger partial charge in [-0.25, -0.2) is 12.8 Å². The lowest BCUT2D eigenvalue weighted by atomic mass is 10.0.